The number of nitrogens with two attached hydrogens (primary N) is 1. The molecule has 0 amide bonds. The third-order valence-corrected chi connectivity index (χ3v) is 2.86. The van der Waals surface area contributed by atoms with E-state index in [-0.39, 0.29) is 0 Å². The molecule has 4 heteroatoms. The van der Waals surface area contributed by atoms with Crippen LogP contribution in [0.25, 0.3) is 0 Å². The summed E-state index contributed by atoms with van der Waals surface area (Å²) in [7, 11) is 0. The van der Waals surface area contributed by atoms with Gasteiger partial charge in [0.15, 0.2) is 0 Å². The third-order valence-electron chi connectivity index (χ3n) is 2.86. The quantitative estimate of drug-likeness (QED) is 0.868. The Morgan fingerprint density at radius 1 is 1.11 bits per heavy atom. The molecule has 0 fully saturated rings. The molecule has 2 rings (SSSR count). The molecule has 0 saturated heterocycles. The van der Waals surface area contributed by atoms with E-state index in [0.29, 0.717) is 5.82 Å². The van der Waals surface area contributed by atoms with Gasteiger partial charge in [-0.2, -0.15) is 0 Å². The van der Waals surface area contributed by atoms with E-state index in [1.807, 2.05) is 26.0 Å². The van der Waals surface area contributed by atoms with Crippen molar-refractivity contribution in [3.63, 3.8) is 0 Å². The van der Waals surface area contributed by atoms with Crippen LogP contribution in [0.1, 0.15) is 23.9 Å². The largest absolute Gasteiger partial charge is 0.383 e. The summed E-state index contributed by atoms with van der Waals surface area (Å²) >= 11 is 0. The molecule has 0 aliphatic carbocycles. The Morgan fingerprint density at radius 3 is 2.39 bits per heavy atom. The van der Waals surface area contributed by atoms with E-state index in [4.69, 9.17) is 5.73 Å². The summed E-state index contributed by atoms with van der Waals surface area (Å²) in [5, 5.41) is 3.28. The smallest absolute Gasteiger partial charge is 0.139 e. The lowest BCUT2D eigenvalue weighted by molar-refractivity contribution is 0.940. The van der Waals surface area contributed by atoms with Crippen LogP contribution in [0.3, 0.4) is 0 Å². The van der Waals surface area contributed by atoms with Gasteiger partial charge in [0, 0.05) is 17.7 Å². The monoisotopic (exact) mass is 242 g/mol. The lowest BCUT2D eigenvalue weighted by Crippen LogP contribution is -2.06. The second kappa shape index (κ2) is 5.04. The molecule has 0 radical (unpaired) electrons. The lowest BCUT2D eigenvalue weighted by Gasteiger charge is -2.11. The molecule has 0 saturated carbocycles. The second-order valence-electron chi connectivity index (χ2n) is 4.34. The number of hydrogen-bond donors (Lipinski definition) is 2. The van der Waals surface area contributed by atoms with Gasteiger partial charge in [0.2, 0.25) is 0 Å². The number of nitrogens with one attached hydrogen (secondary N) is 1. The van der Waals surface area contributed by atoms with E-state index in [9.17, 15) is 0 Å². The average molecular weight is 242 g/mol. The summed E-state index contributed by atoms with van der Waals surface area (Å²) in [5.41, 5.74) is 9.00. The van der Waals surface area contributed by atoms with Gasteiger partial charge in [-0.1, -0.05) is 24.6 Å². The van der Waals surface area contributed by atoms with Crippen LogP contribution in [0.4, 0.5) is 17.3 Å². The second-order valence-corrected chi connectivity index (χ2v) is 4.34. The Hall–Kier alpha value is -2.10. The molecular formula is C14H18N4. The van der Waals surface area contributed by atoms with Gasteiger partial charge in [0.25, 0.3) is 0 Å². The first-order valence-corrected chi connectivity index (χ1v) is 6.07. The van der Waals surface area contributed by atoms with Crippen LogP contribution < -0.4 is 11.1 Å². The Labute approximate surface area is 107 Å². The zero-order valence-electron chi connectivity index (χ0n) is 11.0. The SMILES string of the molecule is CCc1nc(N)c(C)c(Nc2ccc(C)cc2)n1. The summed E-state index contributed by atoms with van der Waals surface area (Å²) in [6.45, 7) is 6.00. The van der Waals surface area contributed by atoms with Gasteiger partial charge in [0.1, 0.15) is 17.5 Å². The molecule has 1 aromatic carbocycles. The van der Waals surface area contributed by atoms with Gasteiger partial charge >= 0.3 is 0 Å². The molecule has 0 unspecified atom stereocenters. The fourth-order valence-electron chi connectivity index (χ4n) is 1.64. The standard InChI is InChI=1S/C14H18N4/c1-4-12-17-13(15)10(3)14(18-12)16-11-7-5-9(2)6-8-11/h5-8H,4H2,1-3H3,(H3,15,16,17,18). The summed E-state index contributed by atoms with van der Waals surface area (Å²) in [6, 6.07) is 8.17. The van der Waals surface area contributed by atoms with Gasteiger partial charge in [0.05, 0.1) is 0 Å². The molecule has 0 atom stereocenters. The number of aromatic nitrogens is 2. The van der Waals surface area contributed by atoms with Crippen molar-refractivity contribution >= 4 is 17.3 Å². The fourth-order valence-corrected chi connectivity index (χ4v) is 1.64. The molecule has 1 aromatic heterocycles. The molecule has 0 aliphatic rings. The first kappa shape index (κ1) is 12.4. The zero-order chi connectivity index (χ0) is 13.1. The minimum atomic E-state index is 0.538. The highest BCUT2D eigenvalue weighted by Crippen LogP contribution is 2.22. The predicted octanol–water partition coefficient (Wildman–Crippen LogP) is 2.98. The van der Waals surface area contributed by atoms with Crippen LogP contribution in [0.15, 0.2) is 24.3 Å². The number of nitrogen functional groups attached to an aromatic ring is 1. The molecule has 94 valence electrons. The maximum Gasteiger partial charge on any atom is 0.139 e. The van der Waals surface area contributed by atoms with Gasteiger partial charge in [-0.3, -0.25) is 0 Å². The normalized spacial score (nSPS) is 10.4. The van der Waals surface area contributed by atoms with Crippen LogP contribution in [0.2, 0.25) is 0 Å². The number of benzene rings is 1. The van der Waals surface area contributed by atoms with Crippen molar-refractivity contribution < 1.29 is 0 Å². The highest BCUT2D eigenvalue weighted by atomic mass is 15.1. The zero-order valence-corrected chi connectivity index (χ0v) is 11.0. The molecule has 0 bridgehead atoms. The van der Waals surface area contributed by atoms with E-state index < -0.39 is 0 Å². The Morgan fingerprint density at radius 2 is 1.78 bits per heavy atom. The minimum absolute atomic E-state index is 0.538. The molecule has 4 nitrogen and oxygen atoms in total. The van der Waals surface area contributed by atoms with E-state index in [2.05, 4.69) is 34.3 Å². The van der Waals surface area contributed by atoms with Crippen molar-refractivity contribution in [3.8, 4) is 0 Å². The van der Waals surface area contributed by atoms with Gasteiger partial charge in [-0.25, -0.2) is 9.97 Å². The Bertz CT molecular complexity index is 546. The van der Waals surface area contributed by atoms with E-state index in [0.717, 1.165) is 29.3 Å². The maximum absolute atomic E-state index is 5.88. The van der Waals surface area contributed by atoms with Crippen LogP contribution in [-0.2, 0) is 6.42 Å². The number of nitrogens with zero attached hydrogens (tertiary/aromatic N) is 2. The van der Waals surface area contributed by atoms with Crippen molar-refractivity contribution in [1.29, 1.82) is 0 Å². The number of anilines is 3. The fraction of sp³-hybridized carbons (Fsp3) is 0.286. The van der Waals surface area contributed by atoms with Crippen LogP contribution in [0, 0.1) is 13.8 Å². The molecule has 2 aromatic rings. The molecule has 0 aliphatic heterocycles. The third kappa shape index (κ3) is 2.59. The van der Waals surface area contributed by atoms with Crippen molar-refractivity contribution in [2.24, 2.45) is 0 Å². The average Bonchev–Trinajstić information content (AvgIpc) is 2.37. The summed E-state index contributed by atoms with van der Waals surface area (Å²) < 4.78 is 0. The molecular weight excluding hydrogens is 224 g/mol. The van der Waals surface area contributed by atoms with Crippen molar-refractivity contribution in [3.05, 3.63) is 41.2 Å². The first-order valence-electron chi connectivity index (χ1n) is 6.07. The molecule has 3 N–H and O–H groups in total. The topological polar surface area (TPSA) is 63.8 Å². The van der Waals surface area contributed by atoms with Gasteiger partial charge in [-0.05, 0) is 26.0 Å². The molecule has 1 heterocycles. The van der Waals surface area contributed by atoms with Crippen LogP contribution in [-0.4, -0.2) is 9.97 Å². The highest BCUT2D eigenvalue weighted by molar-refractivity contribution is 5.63. The number of rotatable bonds is 3. The predicted molar refractivity (Wildman–Crippen MR) is 75.0 cm³/mol. The maximum atomic E-state index is 5.88. The molecule has 0 spiro atoms. The first-order chi connectivity index (χ1) is 8.60. The van der Waals surface area contributed by atoms with Crippen LogP contribution >= 0.6 is 0 Å². The van der Waals surface area contributed by atoms with Crippen LogP contribution in [0.5, 0.6) is 0 Å². The van der Waals surface area contributed by atoms with Crippen molar-refractivity contribution in [2.75, 3.05) is 11.1 Å². The van der Waals surface area contributed by atoms with E-state index in [1.54, 1.807) is 0 Å². The van der Waals surface area contributed by atoms with Gasteiger partial charge < -0.3 is 11.1 Å². The van der Waals surface area contributed by atoms with Gasteiger partial charge in [-0.15, -0.1) is 0 Å². The Balaban J connectivity index is 2.33. The number of hydrogen-bond acceptors (Lipinski definition) is 4. The summed E-state index contributed by atoms with van der Waals surface area (Å²) in [5.74, 6) is 2.08. The van der Waals surface area contributed by atoms with Crippen molar-refractivity contribution in [1.82, 2.24) is 9.97 Å². The number of aryl methyl sites for hydroxylation is 2. The summed E-state index contributed by atoms with van der Waals surface area (Å²) in [4.78, 5) is 8.70. The Kier molecular flexibility index (Phi) is 3.46. The lowest BCUT2D eigenvalue weighted by atomic mass is 10.2. The van der Waals surface area contributed by atoms with E-state index in [1.165, 1.54) is 5.56 Å². The summed E-state index contributed by atoms with van der Waals surface area (Å²) in [6.07, 6.45) is 0.771. The minimum Gasteiger partial charge on any atom is -0.383 e. The van der Waals surface area contributed by atoms with Crippen molar-refractivity contribution in [2.45, 2.75) is 27.2 Å². The highest BCUT2D eigenvalue weighted by Gasteiger charge is 2.07. The van der Waals surface area contributed by atoms with E-state index >= 15 is 0 Å². The molecule has 18 heavy (non-hydrogen) atoms.